The first-order valence-corrected chi connectivity index (χ1v) is 9.28. The molecule has 134 valence electrons. The van der Waals surface area contributed by atoms with Crippen molar-refractivity contribution >= 4 is 5.82 Å². The Morgan fingerprint density at radius 3 is 2.96 bits per heavy atom. The Morgan fingerprint density at radius 2 is 2.15 bits per heavy atom. The van der Waals surface area contributed by atoms with Gasteiger partial charge in [0, 0.05) is 24.4 Å². The molecule has 26 heavy (non-hydrogen) atoms. The van der Waals surface area contributed by atoms with E-state index < -0.39 is 0 Å². The molecular formula is C20H22N4O2. The van der Waals surface area contributed by atoms with Crippen LogP contribution < -0.4 is 15.6 Å². The van der Waals surface area contributed by atoms with Crippen LogP contribution in [0.25, 0.3) is 0 Å². The summed E-state index contributed by atoms with van der Waals surface area (Å²) < 4.78 is 5.74. The third-order valence-corrected chi connectivity index (χ3v) is 5.18. The zero-order chi connectivity index (χ0) is 17.9. The van der Waals surface area contributed by atoms with Crippen molar-refractivity contribution in [3.05, 3.63) is 51.1 Å². The monoisotopic (exact) mass is 350 g/mol. The fourth-order valence-electron chi connectivity index (χ4n) is 3.86. The number of nitriles is 1. The summed E-state index contributed by atoms with van der Waals surface area (Å²) >= 11 is 0. The Balaban J connectivity index is 1.64. The quantitative estimate of drug-likeness (QED) is 0.885. The van der Waals surface area contributed by atoms with Gasteiger partial charge < -0.3 is 15.0 Å². The molecule has 0 radical (unpaired) electrons. The molecule has 4 rings (SSSR count). The van der Waals surface area contributed by atoms with Gasteiger partial charge >= 0.3 is 0 Å². The van der Waals surface area contributed by atoms with Crippen molar-refractivity contribution < 1.29 is 4.74 Å². The van der Waals surface area contributed by atoms with Crippen LogP contribution in [0.2, 0.25) is 0 Å². The molecule has 2 aromatic rings. The van der Waals surface area contributed by atoms with Crippen LogP contribution in [0.5, 0.6) is 5.75 Å². The summed E-state index contributed by atoms with van der Waals surface area (Å²) in [5.41, 5.74) is 1.88. The first kappa shape index (κ1) is 16.6. The molecule has 1 aliphatic carbocycles. The number of aromatic amines is 1. The van der Waals surface area contributed by atoms with Crippen molar-refractivity contribution in [1.29, 1.82) is 5.26 Å². The average molecular weight is 350 g/mol. The number of nitrogens with zero attached hydrogens (tertiary/aromatic N) is 2. The minimum absolute atomic E-state index is 0.0638. The minimum Gasteiger partial charge on any atom is -0.493 e. The van der Waals surface area contributed by atoms with Crippen LogP contribution in [0, 0.1) is 11.3 Å². The van der Waals surface area contributed by atoms with E-state index in [1.807, 2.05) is 18.2 Å². The number of aromatic nitrogens is 2. The van der Waals surface area contributed by atoms with E-state index in [-0.39, 0.29) is 17.2 Å². The topological polar surface area (TPSA) is 90.8 Å². The maximum Gasteiger partial charge on any atom is 0.271 e. The maximum absolute atomic E-state index is 12.4. The van der Waals surface area contributed by atoms with Crippen molar-refractivity contribution in [2.45, 2.75) is 51.0 Å². The molecule has 1 fully saturated rings. The fourth-order valence-corrected chi connectivity index (χ4v) is 3.86. The molecule has 6 nitrogen and oxygen atoms in total. The highest BCUT2D eigenvalue weighted by atomic mass is 16.5. The Morgan fingerprint density at radius 1 is 1.31 bits per heavy atom. The molecule has 1 aromatic carbocycles. The summed E-state index contributed by atoms with van der Waals surface area (Å²) in [5, 5.41) is 12.7. The number of anilines is 1. The van der Waals surface area contributed by atoms with Gasteiger partial charge in [-0.1, -0.05) is 37.5 Å². The van der Waals surface area contributed by atoms with Crippen LogP contribution >= 0.6 is 0 Å². The predicted octanol–water partition coefficient (Wildman–Crippen LogP) is 2.91. The second-order valence-electron chi connectivity index (χ2n) is 7.01. The Hall–Kier alpha value is -2.81. The lowest BCUT2D eigenvalue weighted by atomic mass is 9.95. The molecule has 1 aliphatic heterocycles. The van der Waals surface area contributed by atoms with Gasteiger partial charge in [0.25, 0.3) is 5.56 Å². The molecule has 1 saturated carbocycles. The summed E-state index contributed by atoms with van der Waals surface area (Å²) in [6.07, 6.45) is 7.07. The van der Waals surface area contributed by atoms with Gasteiger partial charge in [0.05, 0.1) is 6.61 Å². The van der Waals surface area contributed by atoms with Gasteiger partial charge in [0.2, 0.25) is 0 Å². The molecule has 0 spiro atoms. The summed E-state index contributed by atoms with van der Waals surface area (Å²) in [7, 11) is 0. The van der Waals surface area contributed by atoms with Crippen LogP contribution in [0.15, 0.2) is 23.0 Å². The van der Waals surface area contributed by atoms with Crippen LogP contribution in [-0.4, -0.2) is 22.6 Å². The zero-order valence-corrected chi connectivity index (χ0v) is 14.7. The molecule has 0 unspecified atom stereocenters. The lowest BCUT2D eigenvalue weighted by Crippen LogP contribution is -2.26. The van der Waals surface area contributed by atoms with Crippen LogP contribution in [0.3, 0.4) is 0 Å². The Labute approximate surface area is 152 Å². The molecule has 6 heteroatoms. The van der Waals surface area contributed by atoms with E-state index in [0.717, 1.165) is 30.6 Å². The Bertz CT molecular complexity index is 907. The van der Waals surface area contributed by atoms with E-state index >= 15 is 0 Å². The first-order valence-electron chi connectivity index (χ1n) is 9.28. The van der Waals surface area contributed by atoms with Gasteiger partial charge in [-0.25, -0.2) is 4.98 Å². The second-order valence-corrected chi connectivity index (χ2v) is 7.01. The number of nitrogens with one attached hydrogen (secondary N) is 2. The zero-order valence-electron chi connectivity index (χ0n) is 14.7. The number of benzene rings is 1. The van der Waals surface area contributed by atoms with Gasteiger partial charge in [-0.3, -0.25) is 4.79 Å². The molecular weight excluding hydrogens is 328 g/mol. The van der Waals surface area contributed by atoms with Crippen molar-refractivity contribution in [2.75, 3.05) is 11.9 Å². The summed E-state index contributed by atoms with van der Waals surface area (Å²) in [4.78, 5) is 19.7. The van der Waals surface area contributed by atoms with E-state index in [9.17, 15) is 10.1 Å². The lowest BCUT2D eigenvalue weighted by molar-refractivity contribution is 0.354. The van der Waals surface area contributed by atoms with Gasteiger partial charge in [0.15, 0.2) is 11.4 Å². The van der Waals surface area contributed by atoms with Gasteiger partial charge in [-0.2, -0.15) is 5.26 Å². The average Bonchev–Trinajstić information content (AvgIpc) is 3.12. The van der Waals surface area contributed by atoms with Crippen LogP contribution in [0.1, 0.15) is 54.6 Å². The molecule has 0 saturated heterocycles. The lowest BCUT2D eigenvalue weighted by Gasteiger charge is -2.23. The molecule has 2 aliphatic rings. The summed E-state index contributed by atoms with van der Waals surface area (Å²) in [6.45, 7) is 0.693. The van der Waals surface area contributed by atoms with Gasteiger partial charge in [-0.05, 0) is 18.4 Å². The molecule has 1 aromatic heterocycles. The van der Waals surface area contributed by atoms with Crippen molar-refractivity contribution in [2.24, 2.45) is 0 Å². The highest BCUT2D eigenvalue weighted by molar-refractivity contribution is 5.52. The van der Waals surface area contributed by atoms with E-state index in [0.29, 0.717) is 24.7 Å². The van der Waals surface area contributed by atoms with E-state index in [1.54, 1.807) is 0 Å². The number of hydrogen-bond acceptors (Lipinski definition) is 5. The maximum atomic E-state index is 12.4. The normalized spacial score (nSPS) is 16.6. The Kier molecular flexibility index (Phi) is 4.61. The highest BCUT2D eigenvalue weighted by Crippen LogP contribution is 2.30. The molecule has 2 N–H and O–H groups in total. The SMILES string of the molecule is N#Cc1c(NC2CCCCC2)nc(Cc2cccc3c2OCC3)[nH]c1=O. The highest BCUT2D eigenvalue weighted by Gasteiger charge is 2.20. The minimum atomic E-state index is -0.385. The van der Waals surface area contributed by atoms with Crippen LogP contribution in [-0.2, 0) is 12.8 Å². The summed E-state index contributed by atoms with van der Waals surface area (Å²) in [6, 6.07) is 8.34. The van der Waals surface area contributed by atoms with E-state index in [4.69, 9.17) is 4.74 Å². The van der Waals surface area contributed by atoms with E-state index in [1.165, 1.54) is 24.8 Å². The van der Waals surface area contributed by atoms with Gasteiger partial charge in [-0.15, -0.1) is 0 Å². The van der Waals surface area contributed by atoms with Crippen LogP contribution in [0.4, 0.5) is 5.82 Å². The van der Waals surface area contributed by atoms with Crippen molar-refractivity contribution in [3.8, 4) is 11.8 Å². The van der Waals surface area contributed by atoms with Crippen molar-refractivity contribution in [3.63, 3.8) is 0 Å². The molecule has 0 bridgehead atoms. The smallest absolute Gasteiger partial charge is 0.271 e. The standard InChI is InChI=1S/C20H22N4O2/c21-12-16-19(22-15-7-2-1-3-8-15)23-17(24-20(16)25)11-14-6-4-5-13-9-10-26-18(13)14/h4-6,15H,1-3,7-11H2,(H2,22,23,24,25). The second kappa shape index (κ2) is 7.20. The molecule has 2 heterocycles. The third-order valence-electron chi connectivity index (χ3n) is 5.18. The predicted molar refractivity (Wildman–Crippen MR) is 98.5 cm³/mol. The number of fused-ring (bicyclic) bond motifs is 1. The van der Waals surface area contributed by atoms with Gasteiger partial charge in [0.1, 0.15) is 17.6 Å². The fraction of sp³-hybridized carbons (Fsp3) is 0.450. The number of rotatable bonds is 4. The largest absolute Gasteiger partial charge is 0.493 e. The number of H-pyrrole nitrogens is 1. The third kappa shape index (κ3) is 3.30. The molecule has 0 amide bonds. The molecule has 0 atom stereocenters. The summed E-state index contributed by atoms with van der Waals surface area (Å²) in [5.74, 6) is 1.86. The number of para-hydroxylation sites is 1. The first-order chi connectivity index (χ1) is 12.7. The van der Waals surface area contributed by atoms with E-state index in [2.05, 4.69) is 21.4 Å². The van der Waals surface area contributed by atoms with Crippen molar-refractivity contribution in [1.82, 2.24) is 9.97 Å². The number of ether oxygens (including phenoxy) is 1. The number of hydrogen-bond donors (Lipinski definition) is 2.